The van der Waals surface area contributed by atoms with E-state index in [9.17, 15) is 5.11 Å². The lowest BCUT2D eigenvalue weighted by Crippen LogP contribution is -2.33. The third kappa shape index (κ3) is 2.79. The van der Waals surface area contributed by atoms with Crippen molar-refractivity contribution >= 4 is 21.4 Å². The maximum atomic E-state index is 9.73. The summed E-state index contributed by atoms with van der Waals surface area (Å²) in [4.78, 5) is 2.40. The standard InChI is InChI=1S/C17H19N3O2S/c21-10-16(22)15-7-13-9-19(5-6-20(13)18-15)8-12-11-23-17-4-2-1-3-14(12)17/h1-4,7,11,16,21-22H,5-6,8-10H2/t16-/m0/s1. The van der Waals surface area contributed by atoms with Crippen molar-refractivity contribution in [1.29, 1.82) is 0 Å². The molecule has 0 saturated carbocycles. The van der Waals surface area contributed by atoms with Crippen molar-refractivity contribution in [2.45, 2.75) is 25.7 Å². The molecule has 3 aromatic rings. The average molecular weight is 329 g/mol. The van der Waals surface area contributed by atoms with E-state index in [0.717, 1.165) is 31.9 Å². The molecule has 4 rings (SSSR count). The number of hydrogen-bond donors (Lipinski definition) is 2. The minimum absolute atomic E-state index is 0.291. The van der Waals surface area contributed by atoms with Crippen LogP contribution in [0.25, 0.3) is 10.1 Å². The van der Waals surface area contributed by atoms with Crippen LogP contribution < -0.4 is 0 Å². The maximum Gasteiger partial charge on any atom is 0.121 e. The highest BCUT2D eigenvalue weighted by Crippen LogP contribution is 2.28. The average Bonchev–Trinajstić information content (AvgIpc) is 3.18. The van der Waals surface area contributed by atoms with Gasteiger partial charge in [-0.3, -0.25) is 9.58 Å². The fraction of sp³-hybridized carbons (Fsp3) is 0.353. The highest BCUT2D eigenvalue weighted by Gasteiger charge is 2.21. The number of fused-ring (bicyclic) bond motifs is 2. The first kappa shape index (κ1) is 14.8. The summed E-state index contributed by atoms with van der Waals surface area (Å²) in [6, 6.07) is 10.4. The number of thiophene rings is 1. The highest BCUT2D eigenvalue weighted by molar-refractivity contribution is 7.17. The van der Waals surface area contributed by atoms with Crippen LogP contribution in [-0.4, -0.2) is 38.0 Å². The Morgan fingerprint density at radius 2 is 2.13 bits per heavy atom. The number of aromatic nitrogens is 2. The predicted molar refractivity (Wildman–Crippen MR) is 90.2 cm³/mol. The first-order chi connectivity index (χ1) is 11.2. The Bertz CT molecular complexity index is 826. The molecule has 120 valence electrons. The SMILES string of the molecule is OC[C@H](O)c1cc2n(n1)CCN(Cc1csc3ccccc13)C2. The second kappa shape index (κ2) is 6.05. The van der Waals surface area contributed by atoms with Crippen molar-refractivity contribution < 1.29 is 10.2 Å². The Morgan fingerprint density at radius 3 is 3.00 bits per heavy atom. The van der Waals surface area contributed by atoms with Crippen molar-refractivity contribution in [3.63, 3.8) is 0 Å². The van der Waals surface area contributed by atoms with Crippen molar-refractivity contribution in [2.75, 3.05) is 13.2 Å². The van der Waals surface area contributed by atoms with Crippen molar-refractivity contribution in [3.05, 3.63) is 52.7 Å². The fourth-order valence-electron chi connectivity index (χ4n) is 3.13. The zero-order valence-corrected chi connectivity index (χ0v) is 13.5. The van der Waals surface area contributed by atoms with Crippen molar-refractivity contribution in [1.82, 2.24) is 14.7 Å². The Balaban J connectivity index is 1.53. The summed E-state index contributed by atoms with van der Waals surface area (Å²) in [5, 5.41) is 26.8. The van der Waals surface area contributed by atoms with Crippen LogP contribution in [0.5, 0.6) is 0 Å². The zero-order chi connectivity index (χ0) is 15.8. The summed E-state index contributed by atoms with van der Waals surface area (Å²) >= 11 is 1.79. The molecular formula is C17H19N3O2S. The molecule has 0 spiro atoms. The van der Waals surface area contributed by atoms with E-state index in [1.54, 1.807) is 11.3 Å². The van der Waals surface area contributed by atoms with E-state index in [0.29, 0.717) is 5.69 Å². The summed E-state index contributed by atoms with van der Waals surface area (Å²) in [7, 11) is 0. The van der Waals surface area contributed by atoms with Gasteiger partial charge in [0.2, 0.25) is 0 Å². The van der Waals surface area contributed by atoms with Crippen LogP contribution in [0.4, 0.5) is 0 Å². The second-order valence-electron chi connectivity index (χ2n) is 5.95. The summed E-state index contributed by atoms with van der Waals surface area (Å²) in [6.45, 7) is 3.20. The molecule has 5 nitrogen and oxygen atoms in total. The zero-order valence-electron chi connectivity index (χ0n) is 12.7. The first-order valence-electron chi connectivity index (χ1n) is 7.77. The number of nitrogens with zero attached hydrogens (tertiary/aromatic N) is 3. The quantitative estimate of drug-likeness (QED) is 0.770. The highest BCUT2D eigenvalue weighted by atomic mass is 32.1. The summed E-state index contributed by atoms with van der Waals surface area (Å²) < 4.78 is 3.27. The molecule has 1 atom stereocenters. The van der Waals surface area contributed by atoms with Gasteiger partial charge in [0, 0.05) is 24.3 Å². The molecule has 2 aromatic heterocycles. The van der Waals surface area contributed by atoms with Gasteiger partial charge in [0.25, 0.3) is 0 Å². The van der Waals surface area contributed by atoms with E-state index in [4.69, 9.17) is 5.11 Å². The van der Waals surface area contributed by atoms with Crippen LogP contribution in [0.1, 0.15) is 23.1 Å². The molecule has 0 aliphatic carbocycles. The number of aliphatic hydroxyl groups excluding tert-OH is 2. The Morgan fingerprint density at radius 1 is 1.26 bits per heavy atom. The molecule has 0 bridgehead atoms. The molecule has 0 unspecified atom stereocenters. The minimum atomic E-state index is -0.887. The lowest BCUT2D eigenvalue weighted by Gasteiger charge is -2.27. The number of benzene rings is 1. The Kier molecular flexibility index (Phi) is 3.90. The number of rotatable bonds is 4. The van der Waals surface area contributed by atoms with Crippen LogP contribution in [0.3, 0.4) is 0 Å². The Labute approximate surface area is 138 Å². The van der Waals surface area contributed by atoms with Gasteiger partial charge in [-0.25, -0.2) is 0 Å². The van der Waals surface area contributed by atoms with Crippen LogP contribution in [-0.2, 0) is 19.6 Å². The predicted octanol–water partition coefficient (Wildman–Crippen LogP) is 2.14. The van der Waals surface area contributed by atoms with Crippen LogP contribution in [0.2, 0.25) is 0 Å². The molecule has 23 heavy (non-hydrogen) atoms. The van der Waals surface area contributed by atoms with E-state index >= 15 is 0 Å². The number of aliphatic hydroxyl groups is 2. The van der Waals surface area contributed by atoms with Gasteiger partial charge in [-0.1, -0.05) is 18.2 Å². The maximum absolute atomic E-state index is 9.73. The molecule has 2 N–H and O–H groups in total. The minimum Gasteiger partial charge on any atom is -0.393 e. The lowest BCUT2D eigenvalue weighted by molar-refractivity contribution is 0.0915. The molecule has 1 aromatic carbocycles. The second-order valence-corrected chi connectivity index (χ2v) is 6.86. The van der Waals surface area contributed by atoms with Gasteiger partial charge < -0.3 is 10.2 Å². The first-order valence-corrected chi connectivity index (χ1v) is 8.65. The van der Waals surface area contributed by atoms with Gasteiger partial charge >= 0.3 is 0 Å². The van der Waals surface area contributed by atoms with Gasteiger partial charge in [-0.15, -0.1) is 11.3 Å². The Hall–Kier alpha value is -1.73. The molecule has 0 radical (unpaired) electrons. The molecular weight excluding hydrogens is 310 g/mol. The molecule has 0 saturated heterocycles. The van der Waals surface area contributed by atoms with E-state index < -0.39 is 6.10 Å². The van der Waals surface area contributed by atoms with E-state index in [-0.39, 0.29) is 6.61 Å². The molecule has 1 aliphatic heterocycles. The summed E-state index contributed by atoms with van der Waals surface area (Å²) in [6.07, 6.45) is -0.887. The monoisotopic (exact) mass is 329 g/mol. The van der Waals surface area contributed by atoms with Gasteiger partial charge in [-0.05, 0) is 28.5 Å². The summed E-state index contributed by atoms with van der Waals surface area (Å²) in [5.74, 6) is 0. The van der Waals surface area contributed by atoms with Crippen molar-refractivity contribution in [2.24, 2.45) is 0 Å². The smallest absolute Gasteiger partial charge is 0.121 e. The molecule has 0 amide bonds. The topological polar surface area (TPSA) is 61.5 Å². The van der Waals surface area contributed by atoms with Gasteiger partial charge in [0.15, 0.2) is 0 Å². The van der Waals surface area contributed by atoms with Gasteiger partial charge in [0.05, 0.1) is 24.5 Å². The molecule has 6 heteroatoms. The molecule has 1 aliphatic rings. The lowest BCUT2D eigenvalue weighted by atomic mass is 10.1. The van der Waals surface area contributed by atoms with Crippen LogP contribution >= 0.6 is 11.3 Å². The third-order valence-electron chi connectivity index (χ3n) is 4.37. The van der Waals surface area contributed by atoms with E-state index in [1.165, 1.54) is 15.6 Å². The van der Waals surface area contributed by atoms with Crippen molar-refractivity contribution in [3.8, 4) is 0 Å². The summed E-state index contributed by atoms with van der Waals surface area (Å²) in [5.41, 5.74) is 3.03. The van der Waals surface area contributed by atoms with Gasteiger partial charge in [0.1, 0.15) is 6.10 Å². The van der Waals surface area contributed by atoms with Gasteiger partial charge in [-0.2, -0.15) is 5.10 Å². The fourth-order valence-corrected chi connectivity index (χ4v) is 4.08. The molecule has 3 heterocycles. The van der Waals surface area contributed by atoms with E-state index in [1.807, 2.05) is 10.7 Å². The van der Waals surface area contributed by atoms with Crippen LogP contribution in [0.15, 0.2) is 35.7 Å². The van der Waals surface area contributed by atoms with Crippen LogP contribution in [0, 0.1) is 0 Å². The molecule has 0 fully saturated rings. The normalized spacial score (nSPS) is 16.6. The number of hydrogen-bond acceptors (Lipinski definition) is 5. The van der Waals surface area contributed by atoms with E-state index in [2.05, 4.69) is 39.6 Å². The third-order valence-corrected chi connectivity index (χ3v) is 5.38. The largest absolute Gasteiger partial charge is 0.393 e.